The lowest BCUT2D eigenvalue weighted by Crippen LogP contribution is -2.32. The first-order valence-corrected chi connectivity index (χ1v) is 6.46. The van der Waals surface area contributed by atoms with Crippen LogP contribution in [0, 0.1) is 5.92 Å². The van der Waals surface area contributed by atoms with Gasteiger partial charge in [-0.25, -0.2) is 0 Å². The molecule has 0 unspecified atom stereocenters. The largest absolute Gasteiger partial charge is 0.400 e. The van der Waals surface area contributed by atoms with Crippen molar-refractivity contribution in [1.82, 2.24) is 4.90 Å². The Morgan fingerprint density at radius 2 is 2.10 bits per heavy atom. The van der Waals surface area contributed by atoms with E-state index in [1.807, 2.05) is 11.9 Å². The number of nitrogens with zero attached hydrogens (tertiary/aromatic N) is 2. The molecule has 4 N–H and O–H groups in total. The maximum absolute atomic E-state index is 10.1. The number of amidine groups is 1. The van der Waals surface area contributed by atoms with Gasteiger partial charge in [0.2, 0.25) is 6.41 Å². The SMILES string of the molecule is C=C.CO.C[C@H]1C[C@@H](CO)O[C@H]1N(C)/C=C\C(N)=NC=O. The van der Waals surface area contributed by atoms with Gasteiger partial charge in [-0.1, -0.05) is 6.92 Å². The molecule has 0 aliphatic carbocycles. The lowest BCUT2D eigenvalue weighted by Gasteiger charge is -2.25. The van der Waals surface area contributed by atoms with Crippen LogP contribution in [-0.4, -0.2) is 60.5 Å². The Morgan fingerprint density at radius 1 is 1.52 bits per heavy atom. The molecule has 1 amide bonds. The molecule has 1 aliphatic rings. The maximum atomic E-state index is 10.1. The first-order chi connectivity index (χ1) is 10.1. The maximum Gasteiger partial charge on any atom is 0.234 e. The van der Waals surface area contributed by atoms with Crippen molar-refractivity contribution in [2.45, 2.75) is 25.7 Å². The third-order valence-corrected chi connectivity index (χ3v) is 2.74. The van der Waals surface area contributed by atoms with Gasteiger partial charge in [0.1, 0.15) is 12.1 Å². The second-order valence-electron chi connectivity index (χ2n) is 4.18. The number of nitrogens with two attached hydrogens (primary N) is 1. The number of carbonyl (C=O) groups is 1. The lowest BCUT2D eigenvalue weighted by atomic mass is 10.1. The molecule has 0 saturated carbocycles. The van der Waals surface area contributed by atoms with Crippen molar-refractivity contribution < 1.29 is 19.7 Å². The van der Waals surface area contributed by atoms with Gasteiger partial charge in [0.15, 0.2) is 0 Å². The van der Waals surface area contributed by atoms with Crippen molar-refractivity contribution in [2.24, 2.45) is 16.6 Å². The minimum atomic E-state index is -0.105. The fourth-order valence-electron chi connectivity index (χ4n) is 1.92. The monoisotopic (exact) mass is 301 g/mol. The van der Waals surface area contributed by atoms with E-state index in [2.05, 4.69) is 25.1 Å². The quantitative estimate of drug-likeness (QED) is 0.288. The number of hydrogen-bond donors (Lipinski definition) is 3. The fraction of sp³-hybridized carbons (Fsp3) is 0.571. The van der Waals surface area contributed by atoms with Crippen molar-refractivity contribution >= 4 is 12.2 Å². The van der Waals surface area contributed by atoms with Crippen LogP contribution in [0.3, 0.4) is 0 Å². The molecule has 0 aromatic heterocycles. The van der Waals surface area contributed by atoms with Crippen molar-refractivity contribution in [3.63, 3.8) is 0 Å². The van der Waals surface area contributed by atoms with E-state index >= 15 is 0 Å². The average molecular weight is 301 g/mol. The standard InChI is InChI=1S/C11H19N3O3.C2H4.CH4O/c1-8-5-9(6-15)17-11(8)14(2)4-3-10(12)13-7-16;2*1-2/h3-4,7-9,11,15H,5-6H2,1-2H3,(H2,12,13,16);1-2H2;2H,1H3/b4-3-;;/t8-,9-,11+;;/m0../s1. The molecule has 122 valence electrons. The van der Waals surface area contributed by atoms with Crippen molar-refractivity contribution in [3.8, 4) is 0 Å². The first-order valence-electron chi connectivity index (χ1n) is 6.46. The zero-order chi connectivity index (χ0) is 16.8. The summed E-state index contributed by atoms with van der Waals surface area (Å²) in [5.74, 6) is 0.474. The van der Waals surface area contributed by atoms with Crippen molar-refractivity contribution in [1.29, 1.82) is 0 Å². The number of aliphatic hydroxyl groups is 2. The van der Waals surface area contributed by atoms with Crippen LogP contribution in [0.1, 0.15) is 13.3 Å². The molecule has 0 aromatic rings. The van der Waals surface area contributed by atoms with E-state index < -0.39 is 0 Å². The Balaban J connectivity index is 0. The van der Waals surface area contributed by atoms with Crippen LogP contribution in [0.15, 0.2) is 30.4 Å². The lowest BCUT2D eigenvalue weighted by molar-refractivity contribution is -0.106. The molecule has 1 saturated heterocycles. The summed E-state index contributed by atoms with van der Waals surface area (Å²) in [7, 11) is 2.85. The van der Waals surface area contributed by atoms with Gasteiger partial charge in [-0.05, 0) is 12.5 Å². The van der Waals surface area contributed by atoms with Gasteiger partial charge in [0.25, 0.3) is 0 Å². The molecule has 0 aromatic carbocycles. The molecule has 3 atom stereocenters. The molecule has 0 radical (unpaired) electrons. The van der Waals surface area contributed by atoms with Crippen LogP contribution >= 0.6 is 0 Å². The highest BCUT2D eigenvalue weighted by Gasteiger charge is 2.33. The van der Waals surface area contributed by atoms with Gasteiger partial charge in [-0.15, -0.1) is 13.2 Å². The number of rotatable bonds is 5. The number of hydrogen-bond acceptors (Lipinski definition) is 5. The second-order valence-corrected chi connectivity index (χ2v) is 4.18. The van der Waals surface area contributed by atoms with E-state index in [4.69, 9.17) is 20.7 Å². The predicted molar refractivity (Wildman–Crippen MR) is 83.5 cm³/mol. The summed E-state index contributed by atoms with van der Waals surface area (Å²) < 4.78 is 5.65. The first kappa shape index (κ1) is 21.6. The van der Waals surface area contributed by atoms with Crippen molar-refractivity contribution in [2.75, 3.05) is 20.8 Å². The van der Waals surface area contributed by atoms with Gasteiger partial charge in [-0.3, -0.25) is 4.79 Å². The Hall–Kier alpha value is -1.70. The summed E-state index contributed by atoms with van der Waals surface area (Å²) in [4.78, 5) is 15.3. The Bertz CT molecular complexity index is 334. The van der Waals surface area contributed by atoms with Crippen LogP contribution in [0.4, 0.5) is 0 Å². The molecule has 1 rings (SSSR count). The van der Waals surface area contributed by atoms with E-state index in [1.165, 1.54) is 6.08 Å². The molecular weight excluding hydrogens is 274 g/mol. The third-order valence-electron chi connectivity index (χ3n) is 2.74. The summed E-state index contributed by atoms with van der Waals surface area (Å²) in [6, 6.07) is 0. The van der Waals surface area contributed by atoms with E-state index in [-0.39, 0.29) is 24.8 Å². The van der Waals surface area contributed by atoms with Gasteiger partial charge >= 0.3 is 0 Å². The number of amides is 1. The van der Waals surface area contributed by atoms with E-state index in [0.29, 0.717) is 12.3 Å². The zero-order valence-corrected chi connectivity index (χ0v) is 13.0. The minimum absolute atomic E-state index is 0.0349. The molecule has 0 bridgehead atoms. The average Bonchev–Trinajstić information content (AvgIpc) is 2.90. The van der Waals surface area contributed by atoms with Gasteiger partial charge in [-0.2, -0.15) is 4.99 Å². The number of carbonyl (C=O) groups excluding carboxylic acids is 1. The van der Waals surface area contributed by atoms with Crippen LogP contribution in [0.25, 0.3) is 0 Å². The molecule has 7 nitrogen and oxygen atoms in total. The Labute approximate surface area is 126 Å². The van der Waals surface area contributed by atoms with Gasteiger partial charge in [0.05, 0.1) is 12.7 Å². The van der Waals surface area contributed by atoms with Crippen LogP contribution in [0.5, 0.6) is 0 Å². The summed E-state index contributed by atoms with van der Waals surface area (Å²) in [6.07, 6.45) is 4.28. The van der Waals surface area contributed by atoms with Crippen LogP contribution < -0.4 is 5.73 Å². The number of ether oxygens (including phenoxy) is 1. The van der Waals surface area contributed by atoms with E-state index in [1.54, 1.807) is 6.20 Å². The summed E-state index contributed by atoms with van der Waals surface area (Å²) in [5, 5.41) is 16.0. The highest BCUT2D eigenvalue weighted by Crippen LogP contribution is 2.27. The third kappa shape index (κ3) is 8.23. The Morgan fingerprint density at radius 3 is 2.52 bits per heavy atom. The van der Waals surface area contributed by atoms with E-state index in [9.17, 15) is 4.79 Å². The van der Waals surface area contributed by atoms with Gasteiger partial charge in [0, 0.05) is 26.3 Å². The molecular formula is C14H27N3O4. The summed E-state index contributed by atoms with van der Waals surface area (Å²) in [5.41, 5.74) is 5.44. The predicted octanol–water partition coefficient (Wildman–Crippen LogP) is 0.0996. The Kier molecular flexibility index (Phi) is 13.7. The molecule has 7 heteroatoms. The zero-order valence-electron chi connectivity index (χ0n) is 13.0. The molecule has 1 fully saturated rings. The van der Waals surface area contributed by atoms with Crippen LogP contribution in [-0.2, 0) is 9.53 Å². The van der Waals surface area contributed by atoms with E-state index in [0.717, 1.165) is 13.5 Å². The summed E-state index contributed by atoms with van der Waals surface area (Å²) in [6.45, 7) is 8.10. The molecule has 0 spiro atoms. The minimum Gasteiger partial charge on any atom is -0.400 e. The highest BCUT2D eigenvalue weighted by atomic mass is 16.5. The van der Waals surface area contributed by atoms with Gasteiger partial charge < -0.3 is 25.6 Å². The number of aliphatic hydroxyl groups excluding tert-OH is 2. The molecule has 1 heterocycles. The van der Waals surface area contributed by atoms with Crippen molar-refractivity contribution in [3.05, 3.63) is 25.4 Å². The molecule has 21 heavy (non-hydrogen) atoms. The number of aliphatic imine (C=N–C) groups is 1. The van der Waals surface area contributed by atoms with Crippen LogP contribution in [0.2, 0.25) is 0 Å². The topological polar surface area (TPSA) is 108 Å². The second kappa shape index (κ2) is 13.3. The highest BCUT2D eigenvalue weighted by molar-refractivity contribution is 5.95. The normalized spacial score (nSPS) is 24.6. The summed E-state index contributed by atoms with van der Waals surface area (Å²) >= 11 is 0. The molecule has 1 aliphatic heterocycles. The smallest absolute Gasteiger partial charge is 0.234 e. The fourth-order valence-corrected chi connectivity index (χ4v) is 1.92.